The number of H-pyrrole nitrogens is 1. The van der Waals surface area contributed by atoms with E-state index in [1.165, 1.54) is 42.4 Å². The Morgan fingerprint density at radius 2 is 1.88 bits per heavy atom. The van der Waals surface area contributed by atoms with Crippen molar-refractivity contribution in [3.05, 3.63) is 63.2 Å². The van der Waals surface area contributed by atoms with E-state index in [-0.39, 0.29) is 5.56 Å². The summed E-state index contributed by atoms with van der Waals surface area (Å²) in [5.41, 5.74) is 5.17. The number of piperidine rings is 1. The summed E-state index contributed by atoms with van der Waals surface area (Å²) in [5, 5.41) is 5.67. The second-order valence-electron chi connectivity index (χ2n) is 8.64. The summed E-state index contributed by atoms with van der Waals surface area (Å²) in [4.78, 5) is 25.1. The van der Waals surface area contributed by atoms with E-state index in [0.29, 0.717) is 11.7 Å². The van der Waals surface area contributed by atoms with E-state index in [1.54, 1.807) is 0 Å². The third-order valence-corrected chi connectivity index (χ3v) is 7.09. The minimum Gasteiger partial charge on any atom is -0.356 e. The predicted octanol–water partition coefficient (Wildman–Crippen LogP) is 3.53. The second kappa shape index (κ2) is 9.11. The zero-order valence-electron chi connectivity index (χ0n) is 18.8. The lowest BCUT2D eigenvalue weighted by Crippen LogP contribution is -2.36. The number of aryl methyl sites for hydroxylation is 1. The molecule has 32 heavy (non-hydrogen) atoms. The van der Waals surface area contributed by atoms with Gasteiger partial charge in [-0.3, -0.25) is 9.69 Å². The lowest BCUT2D eigenvalue weighted by atomic mass is 10.1. The van der Waals surface area contributed by atoms with Crippen LogP contribution in [-0.4, -0.2) is 50.5 Å². The quantitative estimate of drug-likeness (QED) is 0.474. The summed E-state index contributed by atoms with van der Waals surface area (Å²) in [6.45, 7) is 6.55. The van der Waals surface area contributed by atoms with E-state index in [1.807, 2.05) is 12.3 Å². The van der Waals surface area contributed by atoms with Gasteiger partial charge < -0.3 is 9.88 Å². The minimum atomic E-state index is -0.00277. The molecule has 0 atom stereocenters. The number of thioether (sulfide) groups is 1. The van der Waals surface area contributed by atoms with Gasteiger partial charge in [0.2, 0.25) is 0 Å². The summed E-state index contributed by atoms with van der Waals surface area (Å²) < 4.78 is 2.12. The maximum Gasteiger partial charge on any atom is 0.256 e. The number of nitrogens with zero attached hydrogens (tertiary/aromatic N) is 5. The molecule has 2 aromatic heterocycles. The predicted molar refractivity (Wildman–Crippen MR) is 129 cm³/mol. The van der Waals surface area contributed by atoms with Crippen molar-refractivity contribution >= 4 is 17.6 Å². The van der Waals surface area contributed by atoms with Crippen LogP contribution >= 0.6 is 11.8 Å². The van der Waals surface area contributed by atoms with Crippen LogP contribution in [0.15, 0.2) is 40.3 Å². The largest absolute Gasteiger partial charge is 0.356 e. The van der Waals surface area contributed by atoms with Crippen LogP contribution in [0.1, 0.15) is 41.8 Å². The molecule has 168 valence electrons. The van der Waals surface area contributed by atoms with Gasteiger partial charge in [-0.2, -0.15) is 5.10 Å². The maximum atomic E-state index is 12.7. The normalized spacial score (nSPS) is 16.9. The summed E-state index contributed by atoms with van der Waals surface area (Å²) >= 11 is 1.48. The van der Waals surface area contributed by atoms with Crippen molar-refractivity contribution in [2.24, 2.45) is 0 Å². The molecule has 1 N–H and O–H groups in total. The van der Waals surface area contributed by atoms with Crippen LogP contribution in [0.2, 0.25) is 0 Å². The van der Waals surface area contributed by atoms with Gasteiger partial charge in [-0.15, -0.1) is 0 Å². The third kappa shape index (κ3) is 4.09. The summed E-state index contributed by atoms with van der Waals surface area (Å²) in [7, 11) is 0. The van der Waals surface area contributed by atoms with Crippen LogP contribution in [0, 0.1) is 6.92 Å². The maximum absolute atomic E-state index is 12.7. The molecule has 0 radical (unpaired) electrons. The number of hydrogen-bond acceptors (Lipinski definition) is 6. The standard InChI is InChI=1S/C24H30N6OS/c1-17-19(15-28-14-11-21-20(16-28)22(31)26-24(25-21)32-2)23(29-12-7-4-8-13-29)30(27-17)18-9-5-3-6-10-18/h3,5-6,9-10H,4,7-8,11-16H2,1-2H3,(H,25,26,31). The highest BCUT2D eigenvalue weighted by molar-refractivity contribution is 7.98. The van der Waals surface area contributed by atoms with Crippen molar-refractivity contribution in [2.75, 3.05) is 30.8 Å². The van der Waals surface area contributed by atoms with Crippen molar-refractivity contribution in [1.82, 2.24) is 24.6 Å². The molecule has 0 bridgehead atoms. The number of fused-ring (bicyclic) bond motifs is 1. The molecule has 1 saturated heterocycles. The molecule has 3 aromatic rings. The summed E-state index contributed by atoms with van der Waals surface area (Å²) in [6, 6.07) is 10.4. The SMILES string of the molecule is CSc1nc2c(c(=O)[nH]1)CN(Cc1c(C)nn(-c3ccccc3)c1N1CCCCC1)CC2. The van der Waals surface area contributed by atoms with E-state index in [0.717, 1.165) is 55.2 Å². The molecule has 2 aliphatic rings. The number of para-hydroxylation sites is 1. The highest BCUT2D eigenvalue weighted by Gasteiger charge is 2.27. The second-order valence-corrected chi connectivity index (χ2v) is 9.44. The first-order valence-corrected chi connectivity index (χ1v) is 12.6. The number of rotatable bonds is 5. The van der Waals surface area contributed by atoms with Crippen LogP contribution in [0.3, 0.4) is 0 Å². The average Bonchev–Trinajstić information content (AvgIpc) is 3.16. The Bertz CT molecular complexity index is 1150. The highest BCUT2D eigenvalue weighted by atomic mass is 32.2. The molecular weight excluding hydrogens is 420 g/mol. The Morgan fingerprint density at radius 1 is 1.09 bits per heavy atom. The van der Waals surface area contributed by atoms with E-state index < -0.39 is 0 Å². The van der Waals surface area contributed by atoms with Gasteiger partial charge in [-0.1, -0.05) is 30.0 Å². The molecule has 1 fully saturated rings. The van der Waals surface area contributed by atoms with Crippen molar-refractivity contribution in [2.45, 2.75) is 50.9 Å². The van der Waals surface area contributed by atoms with Crippen LogP contribution in [0.5, 0.6) is 0 Å². The Kier molecular flexibility index (Phi) is 6.06. The molecular formula is C24H30N6OS. The number of hydrogen-bond donors (Lipinski definition) is 1. The molecule has 5 rings (SSSR count). The van der Waals surface area contributed by atoms with E-state index >= 15 is 0 Å². The number of nitrogens with one attached hydrogen (secondary N) is 1. The molecule has 7 nitrogen and oxygen atoms in total. The van der Waals surface area contributed by atoms with Gasteiger partial charge in [0, 0.05) is 44.7 Å². The van der Waals surface area contributed by atoms with Gasteiger partial charge in [0.1, 0.15) is 5.82 Å². The van der Waals surface area contributed by atoms with E-state index in [4.69, 9.17) is 5.10 Å². The summed E-state index contributed by atoms with van der Waals surface area (Å²) in [6.07, 6.45) is 6.47. The zero-order chi connectivity index (χ0) is 22.1. The van der Waals surface area contributed by atoms with Gasteiger partial charge in [0.05, 0.1) is 22.6 Å². The van der Waals surface area contributed by atoms with Crippen molar-refractivity contribution in [1.29, 1.82) is 0 Å². The molecule has 0 unspecified atom stereocenters. The molecule has 0 aliphatic carbocycles. The lowest BCUT2D eigenvalue weighted by Gasteiger charge is -2.32. The first kappa shape index (κ1) is 21.3. The zero-order valence-corrected chi connectivity index (χ0v) is 19.6. The van der Waals surface area contributed by atoms with Gasteiger partial charge in [-0.25, -0.2) is 9.67 Å². The van der Waals surface area contributed by atoms with E-state index in [9.17, 15) is 4.79 Å². The van der Waals surface area contributed by atoms with Gasteiger partial charge in [0.15, 0.2) is 5.16 Å². The highest BCUT2D eigenvalue weighted by Crippen LogP contribution is 2.31. The minimum absolute atomic E-state index is 0.00277. The van der Waals surface area contributed by atoms with Crippen molar-refractivity contribution < 1.29 is 0 Å². The smallest absolute Gasteiger partial charge is 0.256 e. The topological polar surface area (TPSA) is 70.0 Å². The Balaban J connectivity index is 1.49. The van der Waals surface area contributed by atoms with Crippen molar-refractivity contribution in [3.63, 3.8) is 0 Å². The van der Waals surface area contributed by atoms with E-state index in [2.05, 4.69) is 55.6 Å². The van der Waals surface area contributed by atoms with Gasteiger partial charge >= 0.3 is 0 Å². The first-order chi connectivity index (χ1) is 15.6. The number of aromatic nitrogens is 4. The average molecular weight is 451 g/mol. The van der Waals surface area contributed by atoms with Gasteiger partial charge in [0.25, 0.3) is 5.56 Å². The third-order valence-electron chi connectivity index (χ3n) is 6.51. The molecule has 0 saturated carbocycles. The molecule has 4 heterocycles. The molecule has 0 spiro atoms. The number of aromatic amines is 1. The Morgan fingerprint density at radius 3 is 2.62 bits per heavy atom. The van der Waals surface area contributed by atoms with Crippen LogP contribution in [-0.2, 0) is 19.5 Å². The first-order valence-electron chi connectivity index (χ1n) is 11.4. The van der Waals surface area contributed by atoms with Gasteiger partial charge in [-0.05, 0) is 44.6 Å². The Hall–Kier alpha value is -2.58. The monoisotopic (exact) mass is 450 g/mol. The van der Waals surface area contributed by atoms with Crippen LogP contribution in [0.25, 0.3) is 5.69 Å². The molecule has 8 heteroatoms. The molecule has 0 amide bonds. The van der Waals surface area contributed by atoms with Crippen LogP contribution < -0.4 is 10.5 Å². The molecule has 1 aromatic carbocycles. The number of anilines is 1. The number of benzene rings is 1. The Labute approximate surface area is 192 Å². The lowest BCUT2D eigenvalue weighted by molar-refractivity contribution is 0.240. The molecule has 2 aliphatic heterocycles. The fraction of sp³-hybridized carbons (Fsp3) is 0.458. The van der Waals surface area contributed by atoms with Crippen molar-refractivity contribution in [3.8, 4) is 5.69 Å². The fourth-order valence-corrected chi connectivity index (χ4v) is 5.22. The van der Waals surface area contributed by atoms with Crippen LogP contribution in [0.4, 0.5) is 5.82 Å². The summed E-state index contributed by atoms with van der Waals surface area (Å²) in [5.74, 6) is 1.21. The fourth-order valence-electron chi connectivity index (χ4n) is 4.83.